The highest BCUT2D eigenvalue weighted by Crippen LogP contribution is 2.37. The Morgan fingerprint density at radius 2 is 2.00 bits per heavy atom. The highest BCUT2D eigenvalue weighted by atomic mass is 35.5. The molecule has 0 saturated heterocycles. The van der Waals surface area contributed by atoms with Gasteiger partial charge in [0.25, 0.3) is 0 Å². The highest BCUT2D eigenvalue weighted by Gasteiger charge is 2.34. The molecule has 0 N–H and O–H groups in total. The summed E-state index contributed by atoms with van der Waals surface area (Å²) in [5.41, 5.74) is 0. The minimum Gasteiger partial charge on any atom is -0.299 e. The lowest BCUT2D eigenvalue weighted by Crippen LogP contribution is -2.33. The van der Waals surface area contributed by atoms with Crippen molar-refractivity contribution in [2.24, 2.45) is 11.8 Å². The van der Waals surface area contributed by atoms with Crippen LogP contribution in [-0.2, 0) is 4.79 Å². The SMILES string of the molecule is O=C1CC2CCCC(Cl)C1CC2. The molecule has 0 aromatic rings. The first-order valence-corrected chi connectivity index (χ1v) is 5.38. The average Bonchev–Trinajstić information content (AvgIpc) is 2.00. The summed E-state index contributed by atoms with van der Waals surface area (Å²) in [6, 6.07) is 0. The largest absolute Gasteiger partial charge is 0.299 e. The second kappa shape index (κ2) is 3.37. The van der Waals surface area contributed by atoms with Crippen LogP contribution in [0.4, 0.5) is 0 Å². The summed E-state index contributed by atoms with van der Waals surface area (Å²) >= 11 is 6.16. The van der Waals surface area contributed by atoms with Gasteiger partial charge in [0.15, 0.2) is 0 Å². The van der Waals surface area contributed by atoms with Gasteiger partial charge in [0, 0.05) is 17.7 Å². The zero-order valence-corrected chi connectivity index (χ0v) is 8.02. The van der Waals surface area contributed by atoms with Gasteiger partial charge in [0.2, 0.25) is 0 Å². The maximum absolute atomic E-state index is 11.6. The Labute approximate surface area is 78.5 Å². The Kier molecular flexibility index (Phi) is 2.40. The summed E-state index contributed by atoms with van der Waals surface area (Å²) in [6.45, 7) is 0. The van der Waals surface area contributed by atoms with E-state index in [4.69, 9.17) is 11.6 Å². The van der Waals surface area contributed by atoms with Crippen molar-refractivity contribution >= 4 is 17.4 Å². The molecule has 0 aromatic carbocycles. The second-order valence-electron chi connectivity index (χ2n) is 4.17. The Hall–Kier alpha value is -0.0400. The van der Waals surface area contributed by atoms with E-state index in [1.807, 2.05) is 0 Å². The van der Waals surface area contributed by atoms with Gasteiger partial charge in [-0.3, -0.25) is 4.79 Å². The van der Waals surface area contributed by atoms with Crippen LogP contribution >= 0.6 is 11.6 Å². The molecule has 0 heterocycles. The molecule has 0 amide bonds. The number of fused-ring (bicyclic) bond motifs is 5. The highest BCUT2D eigenvalue weighted by molar-refractivity contribution is 6.22. The lowest BCUT2D eigenvalue weighted by molar-refractivity contribution is -0.126. The molecule has 12 heavy (non-hydrogen) atoms. The van der Waals surface area contributed by atoms with Crippen molar-refractivity contribution in [2.45, 2.75) is 43.9 Å². The normalized spacial score (nSPS) is 42.4. The van der Waals surface area contributed by atoms with Gasteiger partial charge in [-0.25, -0.2) is 0 Å². The number of hydrogen-bond acceptors (Lipinski definition) is 1. The maximum Gasteiger partial charge on any atom is 0.137 e. The van der Waals surface area contributed by atoms with Crippen LogP contribution in [0.1, 0.15) is 38.5 Å². The summed E-state index contributed by atoms with van der Waals surface area (Å²) in [5.74, 6) is 1.33. The Bertz CT molecular complexity index is 188. The Balaban J connectivity index is 2.12. The smallest absolute Gasteiger partial charge is 0.137 e. The van der Waals surface area contributed by atoms with Crippen LogP contribution in [0.2, 0.25) is 0 Å². The lowest BCUT2D eigenvalue weighted by Gasteiger charge is -2.33. The van der Waals surface area contributed by atoms with Crippen molar-refractivity contribution in [1.82, 2.24) is 0 Å². The summed E-state index contributed by atoms with van der Waals surface area (Å²) in [7, 11) is 0. The molecule has 3 aliphatic rings. The molecule has 3 fully saturated rings. The van der Waals surface area contributed by atoms with Crippen molar-refractivity contribution in [1.29, 1.82) is 0 Å². The van der Waals surface area contributed by atoms with Crippen LogP contribution in [0.15, 0.2) is 0 Å². The maximum atomic E-state index is 11.6. The first-order chi connectivity index (χ1) is 5.77. The number of carbonyl (C=O) groups excluding carboxylic acids is 1. The molecule has 3 rings (SSSR count). The van der Waals surface area contributed by atoms with Gasteiger partial charge in [0.05, 0.1) is 0 Å². The van der Waals surface area contributed by atoms with Gasteiger partial charge >= 0.3 is 0 Å². The van der Waals surface area contributed by atoms with Gasteiger partial charge in [-0.1, -0.05) is 6.42 Å². The molecule has 0 aliphatic heterocycles. The van der Waals surface area contributed by atoms with Crippen molar-refractivity contribution in [3.8, 4) is 0 Å². The molecule has 3 saturated carbocycles. The lowest BCUT2D eigenvalue weighted by atomic mass is 9.74. The van der Waals surface area contributed by atoms with Crippen LogP contribution in [0, 0.1) is 11.8 Å². The van der Waals surface area contributed by atoms with Gasteiger partial charge < -0.3 is 0 Å². The van der Waals surface area contributed by atoms with Crippen LogP contribution < -0.4 is 0 Å². The van der Waals surface area contributed by atoms with Gasteiger partial charge in [-0.05, 0) is 31.6 Å². The van der Waals surface area contributed by atoms with Crippen LogP contribution in [0.3, 0.4) is 0 Å². The standard InChI is InChI=1S/C10H15ClO/c11-9-3-1-2-7-4-5-8(9)10(12)6-7/h7-9H,1-6H2. The second-order valence-corrected chi connectivity index (χ2v) is 4.73. The fraction of sp³-hybridized carbons (Fsp3) is 0.900. The van der Waals surface area contributed by atoms with E-state index in [2.05, 4.69) is 0 Å². The Morgan fingerprint density at radius 3 is 2.75 bits per heavy atom. The minimum absolute atomic E-state index is 0.138. The number of ketones is 1. The van der Waals surface area contributed by atoms with E-state index in [0.717, 1.165) is 19.3 Å². The molecular weight excluding hydrogens is 172 g/mol. The summed E-state index contributed by atoms with van der Waals surface area (Å²) in [5, 5.41) is 0.138. The zero-order chi connectivity index (χ0) is 8.55. The van der Waals surface area contributed by atoms with E-state index in [-0.39, 0.29) is 11.3 Å². The third-order valence-electron chi connectivity index (χ3n) is 3.32. The summed E-state index contributed by atoms with van der Waals surface area (Å²) in [4.78, 5) is 11.6. The van der Waals surface area contributed by atoms with Crippen LogP contribution in [0.25, 0.3) is 0 Å². The monoisotopic (exact) mass is 186 g/mol. The summed E-state index contributed by atoms with van der Waals surface area (Å²) < 4.78 is 0. The fourth-order valence-corrected chi connectivity index (χ4v) is 2.97. The Morgan fingerprint density at radius 1 is 1.17 bits per heavy atom. The molecule has 1 nitrogen and oxygen atoms in total. The fourth-order valence-electron chi connectivity index (χ4n) is 2.55. The summed E-state index contributed by atoms with van der Waals surface area (Å²) in [6.07, 6.45) is 6.60. The third-order valence-corrected chi connectivity index (χ3v) is 3.84. The first-order valence-electron chi connectivity index (χ1n) is 4.94. The van der Waals surface area contributed by atoms with E-state index in [9.17, 15) is 4.79 Å². The molecule has 3 atom stereocenters. The van der Waals surface area contributed by atoms with E-state index < -0.39 is 0 Å². The topological polar surface area (TPSA) is 17.1 Å². The first kappa shape index (κ1) is 8.55. The van der Waals surface area contributed by atoms with Gasteiger partial charge in [0.1, 0.15) is 5.78 Å². The molecule has 0 radical (unpaired) electrons. The number of Topliss-reactive ketones (excluding diaryl/α,β-unsaturated/α-hetero) is 1. The molecule has 3 aliphatic carbocycles. The predicted molar refractivity (Wildman–Crippen MR) is 49.3 cm³/mol. The van der Waals surface area contributed by atoms with Crippen molar-refractivity contribution in [3.63, 3.8) is 0 Å². The van der Waals surface area contributed by atoms with Crippen molar-refractivity contribution in [2.75, 3.05) is 0 Å². The van der Waals surface area contributed by atoms with E-state index >= 15 is 0 Å². The number of halogens is 1. The van der Waals surface area contributed by atoms with E-state index in [1.54, 1.807) is 0 Å². The van der Waals surface area contributed by atoms with Crippen LogP contribution in [-0.4, -0.2) is 11.2 Å². The number of hydrogen-bond donors (Lipinski definition) is 0. The van der Waals surface area contributed by atoms with Crippen molar-refractivity contribution < 1.29 is 4.79 Å². The molecule has 3 unspecified atom stereocenters. The van der Waals surface area contributed by atoms with Gasteiger partial charge in [-0.15, -0.1) is 11.6 Å². The van der Waals surface area contributed by atoms with Crippen molar-refractivity contribution in [3.05, 3.63) is 0 Å². The molecule has 2 bridgehead atoms. The minimum atomic E-state index is 0.138. The molecule has 0 aromatic heterocycles. The number of carbonyl (C=O) groups is 1. The van der Waals surface area contributed by atoms with E-state index in [1.165, 1.54) is 19.3 Å². The molecule has 0 spiro atoms. The average molecular weight is 187 g/mol. The zero-order valence-electron chi connectivity index (χ0n) is 7.26. The number of rotatable bonds is 0. The predicted octanol–water partition coefficient (Wildman–Crippen LogP) is 2.76. The third kappa shape index (κ3) is 1.52. The van der Waals surface area contributed by atoms with Gasteiger partial charge in [-0.2, -0.15) is 0 Å². The molecular formula is C10H15ClO. The quantitative estimate of drug-likeness (QED) is 0.532. The number of alkyl halides is 1. The van der Waals surface area contributed by atoms with E-state index in [0.29, 0.717) is 11.7 Å². The molecule has 68 valence electrons. The molecule has 2 heteroatoms. The van der Waals surface area contributed by atoms with Crippen LogP contribution in [0.5, 0.6) is 0 Å².